The Bertz CT molecular complexity index is 853. The first-order valence-electron chi connectivity index (χ1n) is 6.22. The molecule has 2 aromatic carbocycles. The number of carbonyl (C=O) groups excluding carboxylic acids is 2. The Hall–Kier alpha value is -2.47. The molecule has 0 saturated heterocycles. The van der Waals surface area contributed by atoms with Gasteiger partial charge in [-0.3, -0.25) is 9.59 Å². The lowest BCUT2D eigenvalue weighted by Crippen LogP contribution is -2.35. The molecule has 6 heteroatoms. The molecule has 0 unspecified atom stereocenters. The summed E-state index contributed by atoms with van der Waals surface area (Å²) in [7, 11) is -4.09. The summed E-state index contributed by atoms with van der Waals surface area (Å²) in [5, 5.41) is 0. The van der Waals surface area contributed by atoms with E-state index in [4.69, 9.17) is 0 Å². The first-order chi connectivity index (χ1) is 9.93. The van der Waals surface area contributed by atoms with Crippen LogP contribution in [0.4, 0.5) is 5.69 Å². The van der Waals surface area contributed by atoms with Gasteiger partial charge in [-0.2, -0.15) is 4.31 Å². The maximum absolute atomic E-state index is 12.6. The van der Waals surface area contributed by atoms with E-state index < -0.39 is 21.7 Å². The van der Waals surface area contributed by atoms with E-state index in [1.165, 1.54) is 24.3 Å². The lowest BCUT2D eigenvalue weighted by atomic mass is 10.1. The molecular formula is C15H11NO4S. The van der Waals surface area contributed by atoms with E-state index in [0.29, 0.717) is 4.31 Å². The number of anilines is 1. The van der Waals surface area contributed by atoms with Crippen molar-refractivity contribution in [2.75, 3.05) is 4.31 Å². The predicted octanol–water partition coefficient (Wildman–Crippen LogP) is 1.91. The van der Waals surface area contributed by atoms with Crippen molar-refractivity contribution in [2.45, 2.75) is 11.8 Å². The van der Waals surface area contributed by atoms with Gasteiger partial charge in [0.15, 0.2) is 0 Å². The highest BCUT2D eigenvalue weighted by Gasteiger charge is 2.43. The zero-order valence-electron chi connectivity index (χ0n) is 11.1. The molecule has 5 nitrogen and oxygen atoms in total. The number of hydrogen-bond acceptors (Lipinski definition) is 4. The van der Waals surface area contributed by atoms with Crippen LogP contribution in [-0.2, 0) is 14.8 Å². The Morgan fingerprint density at radius 1 is 0.905 bits per heavy atom. The van der Waals surface area contributed by atoms with E-state index in [9.17, 15) is 18.0 Å². The standard InChI is InChI=1S/C15H11NO4S/c1-10-6-8-11(9-7-10)21(19,20)16-13-5-3-2-4-12(13)14(17)15(16)18/h2-9H,1H3. The highest BCUT2D eigenvalue weighted by molar-refractivity contribution is 7.93. The fourth-order valence-corrected chi connectivity index (χ4v) is 3.62. The molecular weight excluding hydrogens is 290 g/mol. The van der Waals surface area contributed by atoms with Gasteiger partial charge in [-0.05, 0) is 31.2 Å². The minimum atomic E-state index is -4.09. The fraction of sp³-hybridized carbons (Fsp3) is 0.0667. The van der Waals surface area contributed by atoms with Crippen LogP contribution >= 0.6 is 0 Å². The number of aryl methyl sites for hydroxylation is 1. The Kier molecular flexibility index (Phi) is 2.91. The number of fused-ring (bicyclic) bond motifs is 1. The van der Waals surface area contributed by atoms with Crippen molar-refractivity contribution in [1.82, 2.24) is 0 Å². The van der Waals surface area contributed by atoms with Gasteiger partial charge in [0.1, 0.15) is 0 Å². The van der Waals surface area contributed by atoms with Gasteiger partial charge in [0.05, 0.1) is 16.1 Å². The molecule has 1 aliphatic rings. The summed E-state index contributed by atoms with van der Waals surface area (Å²) in [5.74, 6) is -1.85. The van der Waals surface area contributed by atoms with Gasteiger partial charge in [0.2, 0.25) is 0 Å². The highest BCUT2D eigenvalue weighted by Crippen LogP contribution is 2.33. The van der Waals surface area contributed by atoms with Crippen LogP contribution in [0.15, 0.2) is 53.4 Å². The van der Waals surface area contributed by atoms with Gasteiger partial charge < -0.3 is 0 Å². The number of carbonyl (C=O) groups is 2. The number of para-hydroxylation sites is 1. The van der Waals surface area contributed by atoms with Gasteiger partial charge in [-0.15, -0.1) is 0 Å². The Balaban J connectivity index is 2.18. The van der Waals surface area contributed by atoms with Crippen LogP contribution in [0.25, 0.3) is 0 Å². The zero-order chi connectivity index (χ0) is 15.2. The minimum absolute atomic E-state index is 0.0223. The molecule has 1 aliphatic heterocycles. The molecule has 0 radical (unpaired) electrons. The molecule has 1 heterocycles. The van der Waals surface area contributed by atoms with Crippen molar-refractivity contribution in [3.63, 3.8) is 0 Å². The second-order valence-corrected chi connectivity index (χ2v) is 6.52. The molecule has 0 aromatic heterocycles. The summed E-state index contributed by atoms with van der Waals surface area (Å²) >= 11 is 0. The fourth-order valence-electron chi connectivity index (χ4n) is 2.21. The van der Waals surface area contributed by atoms with E-state index in [1.807, 2.05) is 6.92 Å². The van der Waals surface area contributed by atoms with Crippen LogP contribution in [0.1, 0.15) is 15.9 Å². The van der Waals surface area contributed by atoms with E-state index in [0.717, 1.165) is 5.56 Å². The quantitative estimate of drug-likeness (QED) is 0.794. The molecule has 0 N–H and O–H groups in total. The molecule has 106 valence electrons. The van der Waals surface area contributed by atoms with E-state index in [1.54, 1.807) is 24.3 Å². The van der Waals surface area contributed by atoms with Crippen molar-refractivity contribution in [3.8, 4) is 0 Å². The lowest BCUT2D eigenvalue weighted by Gasteiger charge is -2.16. The number of rotatable bonds is 2. The number of nitrogens with zero attached hydrogens (tertiary/aromatic N) is 1. The summed E-state index contributed by atoms with van der Waals surface area (Å²) in [5.41, 5.74) is 1.12. The molecule has 0 fully saturated rings. The number of hydrogen-bond donors (Lipinski definition) is 0. The van der Waals surface area contributed by atoms with Crippen molar-refractivity contribution in [3.05, 3.63) is 59.7 Å². The van der Waals surface area contributed by atoms with E-state index in [-0.39, 0.29) is 16.1 Å². The van der Waals surface area contributed by atoms with Crippen LogP contribution in [-0.4, -0.2) is 20.1 Å². The van der Waals surface area contributed by atoms with Crippen molar-refractivity contribution in [2.24, 2.45) is 0 Å². The summed E-state index contributed by atoms with van der Waals surface area (Å²) in [6.45, 7) is 1.83. The largest absolute Gasteiger partial charge is 0.313 e. The van der Waals surface area contributed by atoms with Crippen LogP contribution in [0, 0.1) is 6.92 Å². The molecule has 0 spiro atoms. The van der Waals surface area contributed by atoms with Gasteiger partial charge >= 0.3 is 5.91 Å². The van der Waals surface area contributed by atoms with Gasteiger partial charge in [0, 0.05) is 0 Å². The predicted molar refractivity (Wildman–Crippen MR) is 76.6 cm³/mol. The second kappa shape index (κ2) is 4.53. The van der Waals surface area contributed by atoms with E-state index >= 15 is 0 Å². The zero-order valence-corrected chi connectivity index (χ0v) is 11.9. The minimum Gasteiger partial charge on any atom is -0.283 e. The third-order valence-corrected chi connectivity index (χ3v) is 5.02. The highest BCUT2D eigenvalue weighted by atomic mass is 32.2. The van der Waals surface area contributed by atoms with Gasteiger partial charge in [-0.1, -0.05) is 29.8 Å². The van der Waals surface area contributed by atoms with Crippen molar-refractivity contribution in [1.29, 1.82) is 0 Å². The van der Waals surface area contributed by atoms with Crippen molar-refractivity contribution < 1.29 is 18.0 Å². The lowest BCUT2D eigenvalue weighted by molar-refractivity contribution is -0.113. The third-order valence-electron chi connectivity index (χ3n) is 3.31. The number of ketones is 1. The topological polar surface area (TPSA) is 71.5 Å². The summed E-state index contributed by atoms with van der Waals surface area (Å²) in [6, 6.07) is 12.2. The Labute approximate surface area is 121 Å². The van der Waals surface area contributed by atoms with Crippen LogP contribution in [0.3, 0.4) is 0 Å². The number of benzene rings is 2. The molecule has 0 atom stereocenters. The van der Waals surface area contributed by atoms with Gasteiger partial charge in [0.25, 0.3) is 15.8 Å². The smallest absolute Gasteiger partial charge is 0.283 e. The third kappa shape index (κ3) is 1.95. The molecule has 0 saturated carbocycles. The second-order valence-electron chi connectivity index (χ2n) is 4.73. The first-order valence-corrected chi connectivity index (χ1v) is 7.66. The number of amides is 1. The molecule has 21 heavy (non-hydrogen) atoms. The molecule has 1 amide bonds. The monoisotopic (exact) mass is 301 g/mol. The van der Waals surface area contributed by atoms with Crippen LogP contribution in [0.5, 0.6) is 0 Å². The summed E-state index contributed by atoms with van der Waals surface area (Å²) in [6.07, 6.45) is 0. The SMILES string of the molecule is Cc1ccc(S(=O)(=O)N2C(=O)C(=O)c3ccccc32)cc1. The summed E-state index contributed by atoms with van der Waals surface area (Å²) < 4.78 is 25.8. The Morgan fingerprint density at radius 3 is 2.19 bits per heavy atom. The van der Waals surface area contributed by atoms with Gasteiger partial charge in [-0.25, -0.2) is 8.42 Å². The number of Topliss-reactive ketones (excluding diaryl/α,β-unsaturated/α-hetero) is 1. The Morgan fingerprint density at radius 2 is 1.52 bits per heavy atom. The van der Waals surface area contributed by atoms with E-state index in [2.05, 4.69) is 0 Å². The first kappa shape index (κ1) is 13.5. The van der Waals surface area contributed by atoms with Crippen LogP contribution in [0.2, 0.25) is 0 Å². The maximum Gasteiger partial charge on any atom is 0.313 e. The normalized spacial score (nSPS) is 14.4. The average molecular weight is 301 g/mol. The van der Waals surface area contributed by atoms with Crippen molar-refractivity contribution >= 4 is 27.4 Å². The number of sulfonamides is 1. The van der Waals surface area contributed by atoms with Crippen LogP contribution < -0.4 is 4.31 Å². The molecule has 2 aromatic rings. The molecule has 0 bridgehead atoms. The summed E-state index contributed by atoms with van der Waals surface area (Å²) in [4.78, 5) is 23.9. The molecule has 0 aliphatic carbocycles. The average Bonchev–Trinajstić information content (AvgIpc) is 2.72. The molecule has 3 rings (SSSR count). The maximum atomic E-state index is 12.6.